The van der Waals surface area contributed by atoms with E-state index >= 15 is 0 Å². The molecule has 30 heavy (non-hydrogen) atoms. The molecule has 1 aromatic heterocycles. The van der Waals surface area contributed by atoms with Crippen molar-refractivity contribution in [2.45, 2.75) is 13.1 Å². The number of halogens is 5. The minimum absolute atomic E-state index is 0.0588. The highest BCUT2D eigenvalue weighted by Gasteiger charge is 2.33. The van der Waals surface area contributed by atoms with Gasteiger partial charge in [-0.2, -0.15) is 23.3 Å². The number of hydrogen-bond acceptors (Lipinski definition) is 2. The molecule has 1 aromatic carbocycles. The first-order chi connectivity index (χ1) is 14.1. The number of carbonyl (C=O) groups excluding carboxylic acids is 1. The van der Waals surface area contributed by atoms with Crippen molar-refractivity contribution < 1.29 is 22.4 Å². The SMILES string of the molecule is C=C/C=C(\C=C/C)C(=O)/N=C(/Nc1cc(F)cc(Cl)c1)Nc1cc(C(F)(F)F)[nH]n1. The second kappa shape index (κ2) is 9.88. The topological polar surface area (TPSA) is 82.2 Å². The molecule has 6 nitrogen and oxygen atoms in total. The van der Waals surface area contributed by atoms with Crippen LogP contribution >= 0.6 is 11.6 Å². The van der Waals surface area contributed by atoms with Crippen molar-refractivity contribution in [1.82, 2.24) is 10.2 Å². The minimum atomic E-state index is -4.64. The van der Waals surface area contributed by atoms with Gasteiger partial charge in [-0.1, -0.05) is 36.4 Å². The molecule has 0 radical (unpaired) electrons. The van der Waals surface area contributed by atoms with Crippen LogP contribution in [0.25, 0.3) is 0 Å². The number of amides is 1. The van der Waals surface area contributed by atoms with E-state index in [1.54, 1.807) is 13.0 Å². The molecule has 0 bridgehead atoms. The predicted octanol–water partition coefficient (Wildman–Crippen LogP) is 5.32. The molecule has 0 aliphatic rings. The summed E-state index contributed by atoms with van der Waals surface area (Å²) in [5, 5.41) is 10.4. The number of anilines is 2. The summed E-state index contributed by atoms with van der Waals surface area (Å²) in [7, 11) is 0. The second-order valence-corrected chi connectivity index (χ2v) is 6.13. The third kappa shape index (κ3) is 6.59. The molecule has 0 unspecified atom stereocenters. The van der Waals surface area contributed by atoms with Crippen molar-refractivity contribution in [3.05, 3.63) is 77.3 Å². The van der Waals surface area contributed by atoms with Gasteiger partial charge in [-0.15, -0.1) is 0 Å². The summed E-state index contributed by atoms with van der Waals surface area (Å²) in [6, 6.07) is 4.14. The Morgan fingerprint density at radius 3 is 2.57 bits per heavy atom. The zero-order valence-electron chi connectivity index (χ0n) is 15.5. The largest absolute Gasteiger partial charge is 0.432 e. The first kappa shape index (κ1) is 22.9. The number of aromatic nitrogens is 2. The van der Waals surface area contributed by atoms with E-state index in [9.17, 15) is 22.4 Å². The van der Waals surface area contributed by atoms with Crippen molar-refractivity contribution in [3.8, 4) is 0 Å². The highest BCUT2D eigenvalue weighted by Crippen LogP contribution is 2.28. The number of carbonyl (C=O) groups is 1. The number of H-pyrrole nitrogens is 1. The molecule has 0 aliphatic carbocycles. The van der Waals surface area contributed by atoms with Gasteiger partial charge in [0.2, 0.25) is 5.96 Å². The van der Waals surface area contributed by atoms with Gasteiger partial charge in [-0.05, 0) is 31.2 Å². The Morgan fingerprint density at radius 1 is 1.27 bits per heavy atom. The lowest BCUT2D eigenvalue weighted by Gasteiger charge is -2.11. The summed E-state index contributed by atoms with van der Waals surface area (Å²) in [5.41, 5.74) is -0.847. The standard InChI is InChI=1S/C19H16ClF4N5O/c1-3-5-11(6-4-2)17(30)27-18(25-14-8-12(20)7-13(21)9-14)26-16-10-15(28-29-16)19(22,23)24/h3-10H,1H2,2H3,(H3,25,26,27,28,29,30)/b6-4-,11-5+. The highest BCUT2D eigenvalue weighted by atomic mass is 35.5. The van der Waals surface area contributed by atoms with Crippen LogP contribution in [-0.4, -0.2) is 22.1 Å². The van der Waals surface area contributed by atoms with Crippen LogP contribution in [0.4, 0.5) is 29.1 Å². The van der Waals surface area contributed by atoms with Gasteiger partial charge in [0.15, 0.2) is 5.82 Å². The van der Waals surface area contributed by atoms with Crippen LogP contribution in [0, 0.1) is 5.82 Å². The van der Waals surface area contributed by atoms with E-state index in [4.69, 9.17) is 11.6 Å². The van der Waals surface area contributed by atoms with E-state index in [0.29, 0.717) is 6.07 Å². The Hall–Kier alpha value is -3.40. The van der Waals surface area contributed by atoms with E-state index in [1.807, 2.05) is 5.10 Å². The maximum atomic E-state index is 13.6. The molecule has 0 atom stereocenters. The minimum Gasteiger partial charge on any atom is -0.325 e. The fourth-order valence-electron chi connectivity index (χ4n) is 2.17. The zero-order chi connectivity index (χ0) is 22.3. The molecule has 1 amide bonds. The van der Waals surface area contributed by atoms with E-state index in [0.717, 1.165) is 12.1 Å². The molecular weight excluding hydrogens is 426 g/mol. The van der Waals surface area contributed by atoms with Gasteiger partial charge in [0.25, 0.3) is 5.91 Å². The number of hydrogen-bond donors (Lipinski definition) is 3. The van der Waals surface area contributed by atoms with Crippen molar-refractivity contribution in [1.29, 1.82) is 0 Å². The molecule has 0 saturated carbocycles. The van der Waals surface area contributed by atoms with Crippen molar-refractivity contribution in [3.63, 3.8) is 0 Å². The van der Waals surface area contributed by atoms with Gasteiger partial charge in [0.1, 0.15) is 11.5 Å². The number of benzene rings is 1. The van der Waals surface area contributed by atoms with Gasteiger partial charge in [0.05, 0.1) is 0 Å². The fraction of sp³-hybridized carbons (Fsp3) is 0.105. The molecule has 0 aliphatic heterocycles. The third-order valence-corrected chi connectivity index (χ3v) is 3.58. The maximum Gasteiger partial charge on any atom is 0.432 e. The van der Waals surface area contributed by atoms with Crippen LogP contribution in [0.5, 0.6) is 0 Å². The monoisotopic (exact) mass is 441 g/mol. The van der Waals surface area contributed by atoms with Crippen LogP contribution in [0.1, 0.15) is 12.6 Å². The number of aliphatic imine (C=N–C) groups is 1. The summed E-state index contributed by atoms with van der Waals surface area (Å²) in [4.78, 5) is 16.3. The van der Waals surface area contributed by atoms with E-state index in [-0.39, 0.29) is 28.1 Å². The maximum absolute atomic E-state index is 13.6. The van der Waals surface area contributed by atoms with Crippen LogP contribution in [0.2, 0.25) is 5.02 Å². The molecule has 0 fully saturated rings. The smallest absolute Gasteiger partial charge is 0.325 e. The Morgan fingerprint density at radius 2 is 2.00 bits per heavy atom. The van der Waals surface area contributed by atoms with Crippen molar-refractivity contribution in [2.24, 2.45) is 4.99 Å². The molecule has 11 heteroatoms. The molecular formula is C19H16ClF4N5O. The first-order valence-corrected chi connectivity index (χ1v) is 8.71. The molecule has 1 heterocycles. The number of rotatable bonds is 5. The highest BCUT2D eigenvalue weighted by molar-refractivity contribution is 6.31. The number of allylic oxidation sites excluding steroid dienone is 3. The molecule has 2 aromatic rings. The fourth-order valence-corrected chi connectivity index (χ4v) is 2.39. The molecule has 2 rings (SSSR count). The van der Waals surface area contributed by atoms with Gasteiger partial charge in [-0.25, -0.2) is 4.39 Å². The Labute approximate surface area is 174 Å². The normalized spacial score (nSPS) is 12.9. The number of aromatic amines is 1. The average molecular weight is 442 g/mol. The number of nitrogens with zero attached hydrogens (tertiary/aromatic N) is 2. The lowest BCUT2D eigenvalue weighted by molar-refractivity contribution is -0.141. The lowest BCUT2D eigenvalue weighted by atomic mass is 10.2. The average Bonchev–Trinajstić information content (AvgIpc) is 3.09. The van der Waals surface area contributed by atoms with Crippen LogP contribution < -0.4 is 10.6 Å². The van der Waals surface area contributed by atoms with Gasteiger partial charge >= 0.3 is 6.18 Å². The van der Waals surface area contributed by atoms with Crippen molar-refractivity contribution >= 4 is 35.0 Å². The Balaban J connectivity index is 2.40. The second-order valence-electron chi connectivity index (χ2n) is 5.70. The number of alkyl halides is 3. The third-order valence-electron chi connectivity index (χ3n) is 3.36. The van der Waals surface area contributed by atoms with Gasteiger partial charge in [0, 0.05) is 22.3 Å². The first-order valence-electron chi connectivity index (χ1n) is 8.33. The van der Waals surface area contributed by atoms with Crippen LogP contribution in [-0.2, 0) is 11.0 Å². The Bertz CT molecular complexity index is 1000. The van der Waals surface area contributed by atoms with E-state index < -0.39 is 23.6 Å². The Kier molecular flexibility index (Phi) is 7.54. The number of nitrogens with one attached hydrogen (secondary N) is 3. The van der Waals surface area contributed by atoms with Crippen LogP contribution in [0.3, 0.4) is 0 Å². The quantitative estimate of drug-likeness (QED) is 0.193. The van der Waals surface area contributed by atoms with Crippen molar-refractivity contribution in [2.75, 3.05) is 10.6 Å². The molecule has 3 N–H and O–H groups in total. The molecule has 158 valence electrons. The van der Waals surface area contributed by atoms with Crippen LogP contribution in [0.15, 0.2) is 65.7 Å². The van der Waals surface area contributed by atoms with E-state index in [1.165, 1.54) is 24.3 Å². The summed E-state index contributed by atoms with van der Waals surface area (Å²) in [6.45, 7) is 5.19. The predicted molar refractivity (Wildman–Crippen MR) is 108 cm³/mol. The zero-order valence-corrected chi connectivity index (χ0v) is 16.3. The molecule has 0 saturated heterocycles. The summed E-state index contributed by atoms with van der Waals surface area (Å²) in [6.07, 6.45) is 1.20. The summed E-state index contributed by atoms with van der Waals surface area (Å²) in [5.74, 6) is -1.99. The molecule has 0 spiro atoms. The van der Waals surface area contributed by atoms with E-state index in [2.05, 4.69) is 27.3 Å². The summed E-state index contributed by atoms with van der Waals surface area (Å²) >= 11 is 5.81. The summed E-state index contributed by atoms with van der Waals surface area (Å²) < 4.78 is 51.9. The van der Waals surface area contributed by atoms with Gasteiger partial charge < -0.3 is 10.6 Å². The lowest BCUT2D eigenvalue weighted by Crippen LogP contribution is -2.24. The number of guanidine groups is 1. The van der Waals surface area contributed by atoms with Gasteiger partial charge in [-0.3, -0.25) is 9.89 Å².